The maximum atomic E-state index is 12.2. The lowest BCUT2D eigenvalue weighted by atomic mass is 10.2. The summed E-state index contributed by atoms with van der Waals surface area (Å²) < 4.78 is 10.8. The van der Waals surface area contributed by atoms with Gasteiger partial charge >= 0.3 is 5.97 Å². The van der Waals surface area contributed by atoms with Crippen LogP contribution in [-0.2, 0) is 14.3 Å². The second-order valence-corrected chi connectivity index (χ2v) is 6.06. The van der Waals surface area contributed by atoms with Crippen LogP contribution in [0.5, 0.6) is 0 Å². The number of nitrogens with zero attached hydrogens (tertiary/aromatic N) is 1. The third kappa shape index (κ3) is 2.90. The van der Waals surface area contributed by atoms with E-state index >= 15 is 0 Å². The van der Waals surface area contributed by atoms with Gasteiger partial charge in [0, 0.05) is 11.9 Å². The van der Waals surface area contributed by atoms with Crippen molar-refractivity contribution in [2.75, 3.05) is 26.8 Å². The summed E-state index contributed by atoms with van der Waals surface area (Å²) in [7, 11) is 1.31. The Morgan fingerprint density at radius 3 is 3.00 bits per heavy atom. The van der Waals surface area contributed by atoms with E-state index < -0.39 is 12.1 Å². The molecule has 0 spiro atoms. The lowest BCUT2D eigenvalue weighted by Gasteiger charge is -2.31. The molecule has 1 aromatic rings. The largest absolute Gasteiger partial charge is 0.467 e. The highest BCUT2D eigenvalue weighted by molar-refractivity contribution is 9.11. The van der Waals surface area contributed by atoms with E-state index in [0.29, 0.717) is 18.7 Å². The van der Waals surface area contributed by atoms with E-state index in [2.05, 4.69) is 20.7 Å². The minimum atomic E-state index is -0.685. The average Bonchev–Trinajstić information content (AvgIpc) is 2.83. The van der Waals surface area contributed by atoms with Gasteiger partial charge in [-0.05, 0) is 22.0 Å². The van der Waals surface area contributed by atoms with Crippen LogP contribution in [-0.4, -0.2) is 49.7 Å². The Bertz CT molecular complexity index is 462. The number of morpholine rings is 1. The quantitative estimate of drug-likeness (QED) is 0.770. The van der Waals surface area contributed by atoms with E-state index in [9.17, 15) is 9.59 Å². The number of carbonyl (C=O) groups excluding carboxylic acids is 2. The lowest BCUT2D eigenvalue weighted by Crippen LogP contribution is -2.48. The second kappa shape index (κ2) is 5.81. The molecule has 1 fully saturated rings. The standard InChI is InChI=1S/C11H12BrNO4S/c1-16-11(15)8-5-13(2-3-17-8)10(14)7-4-9(12)18-6-7/h4,6,8H,2-3,5H2,1H3. The maximum absolute atomic E-state index is 12.2. The molecule has 1 saturated heterocycles. The molecule has 98 valence electrons. The number of ether oxygens (including phenoxy) is 2. The molecule has 1 aliphatic heterocycles. The Kier molecular flexibility index (Phi) is 4.36. The van der Waals surface area contributed by atoms with Crippen molar-refractivity contribution in [3.05, 3.63) is 20.8 Å². The van der Waals surface area contributed by atoms with Crippen LogP contribution >= 0.6 is 27.3 Å². The average molecular weight is 334 g/mol. The first-order valence-electron chi connectivity index (χ1n) is 5.34. The number of hydrogen-bond donors (Lipinski definition) is 0. The van der Waals surface area contributed by atoms with Gasteiger partial charge in [-0.25, -0.2) is 4.79 Å². The highest BCUT2D eigenvalue weighted by Gasteiger charge is 2.30. The minimum absolute atomic E-state index is 0.0887. The number of thiophene rings is 1. The number of amides is 1. The van der Waals surface area contributed by atoms with Gasteiger partial charge in [0.1, 0.15) is 0 Å². The molecule has 1 aliphatic rings. The van der Waals surface area contributed by atoms with Crippen LogP contribution in [0.25, 0.3) is 0 Å². The molecule has 0 saturated carbocycles. The monoisotopic (exact) mass is 333 g/mol. The third-order valence-electron chi connectivity index (χ3n) is 2.63. The zero-order valence-corrected chi connectivity index (χ0v) is 12.1. The molecule has 0 aromatic carbocycles. The van der Waals surface area contributed by atoms with Gasteiger partial charge in [0.2, 0.25) is 0 Å². The van der Waals surface area contributed by atoms with Gasteiger partial charge in [-0.15, -0.1) is 11.3 Å². The smallest absolute Gasteiger partial charge is 0.336 e. The fraction of sp³-hybridized carbons (Fsp3) is 0.455. The second-order valence-electron chi connectivity index (χ2n) is 3.77. The third-order valence-corrected chi connectivity index (χ3v) is 4.14. The van der Waals surface area contributed by atoms with Crippen molar-refractivity contribution in [1.29, 1.82) is 0 Å². The Balaban J connectivity index is 2.05. The number of methoxy groups -OCH3 is 1. The number of esters is 1. The molecular formula is C11H12BrNO4S. The zero-order chi connectivity index (χ0) is 13.1. The summed E-state index contributed by atoms with van der Waals surface area (Å²) in [5.41, 5.74) is 0.623. The van der Waals surface area contributed by atoms with Crippen LogP contribution in [0.2, 0.25) is 0 Å². The van der Waals surface area contributed by atoms with Crippen LogP contribution in [0.1, 0.15) is 10.4 Å². The van der Waals surface area contributed by atoms with E-state index in [1.54, 1.807) is 16.3 Å². The van der Waals surface area contributed by atoms with Gasteiger partial charge in [-0.3, -0.25) is 4.79 Å². The van der Waals surface area contributed by atoms with Gasteiger partial charge in [-0.1, -0.05) is 0 Å². The lowest BCUT2D eigenvalue weighted by molar-refractivity contribution is -0.158. The predicted molar refractivity (Wildman–Crippen MR) is 69.7 cm³/mol. The summed E-state index contributed by atoms with van der Waals surface area (Å²) in [6.07, 6.45) is -0.685. The van der Waals surface area contributed by atoms with E-state index in [1.165, 1.54) is 18.4 Å². The van der Waals surface area contributed by atoms with Gasteiger partial charge in [0.15, 0.2) is 6.10 Å². The molecule has 2 heterocycles. The summed E-state index contributed by atoms with van der Waals surface area (Å²) in [5, 5.41) is 1.79. The van der Waals surface area contributed by atoms with Gasteiger partial charge in [0.25, 0.3) is 5.91 Å². The van der Waals surface area contributed by atoms with E-state index in [4.69, 9.17) is 4.74 Å². The highest BCUT2D eigenvalue weighted by Crippen LogP contribution is 2.22. The van der Waals surface area contributed by atoms with Gasteiger partial charge in [-0.2, -0.15) is 0 Å². The Labute approximate surface area is 117 Å². The van der Waals surface area contributed by atoms with Crippen LogP contribution in [0, 0.1) is 0 Å². The zero-order valence-electron chi connectivity index (χ0n) is 9.72. The van der Waals surface area contributed by atoms with Crippen molar-refractivity contribution in [2.24, 2.45) is 0 Å². The maximum Gasteiger partial charge on any atom is 0.336 e. The summed E-state index contributed by atoms with van der Waals surface area (Å²) in [5.74, 6) is -0.534. The molecule has 5 nitrogen and oxygen atoms in total. The molecular weight excluding hydrogens is 322 g/mol. The van der Waals surface area contributed by atoms with Crippen LogP contribution < -0.4 is 0 Å². The fourth-order valence-electron chi connectivity index (χ4n) is 1.71. The topological polar surface area (TPSA) is 55.8 Å². The summed E-state index contributed by atoms with van der Waals surface area (Å²) in [6.45, 7) is 1.07. The molecule has 0 bridgehead atoms. The Hall–Kier alpha value is -0.920. The molecule has 1 atom stereocenters. The number of hydrogen-bond acceptors (Lipinski definition) is 5. The molecule has 2 rings (SSSR count). The van der Waals surface area contributed by atoms with E-state index in [1.807, 2.05) is 0 Å². The first-order valence-corrected chi connectivity index (χ1v) is 7.02. The van der Waals surface area contributed by atoms with Gasteiger partial charge in [0.05, 0.1) is 29.6 Å². The molecule has 18 heavy (non-hydrogen) atoms. The summed E-state index contributed by atoms with van der Waals surface area (Å²) in [6, 6.07) is 1.77. The number of halogens is 1. The highest BCUT2D eigenvalue weighted by atomic mass is 79.9. The molecule has 0 aliphatic carbocycles. The SMILES string of the molecule is COC(=O)C1CN(C(=O)c2csc(Br)c2)CCO1. The normalized spacial score (nSPS) is 19.7. The molecule has 1 amide bonds. The number of rotatable bonds is 2. The molecule has 1 unspecified atom stereocenters. The van der Waals surface area contributed by atoms with Crippen molar-refractivity contribution < 1.29 is 19.1 Å². The molecule has 0 radical (unpaired) electrons. The Morgan fingerprint density at radius 2 is 2.39 bits per heavy atom. The predicted octanol–water partition coefficient (Wildman–Crippen LogP) is 1.52. The van der Waals surface area contributed by atoms with Gasteiger partial charge < -0.3 is 14.4 Å². The number of carbonyl (C=O) groups is 2. The fourth-order valence-corrected chi connectivity index (χ4v) is 2.84. The molecule has 7 heteroatoms. The van der Waals surface area contributed by atoms with Crippen molar-refractivity contribution in [1.82, 2.24) is 4.90 Å². The molecule has 1 aromatic heterocycles. The van der Waals surface area contributed by atoms with Crippen molar-refractivity contribution in [3.8, 4) is 0 Å². The van der Waals surface area contributed by atoms with Crippen LogP contribution in [0.15, 0.2) is 15.2 Å². The van der Waals surface area contributed by atoms with Crippen molar-refractivity contribution >= 4 is 39.1 Å². The van der Waals surface area contributed by atoms with Crippen molar-refractivity contribution in [3.63, 3.8) is 0 Å². The van der Waals surface area contributed by atoms with E-state index in [-0.39, 0.29) is 12.5 Å². The Morgan fingerprint density at radius 1 is 1.61 bits per heavy atom. The van der Waals surface area contributed by atoms with Crippen LogP contribution in [0.4, 0.5) is 0 Å². The minimum Gasteiger partial charge on any atom is -0.467 e. The van der Waals surface area contributed by atoms with Crippen LogP contribution in [0.3, 0.4) is 0 Å². The van der Waals surface area contributed by atoms with E-state index in [0.717, 1.165) is 3.79 Å². The summed E-state index contributed by atoms with van der Waals surface area (Å²) in [4.78, 5) is 25.2. The van der Waals surface area contributed by atoms with Crippen molar-refractivity contribution in [2.45, 2.75) is 6.10 Å². The summed E-state index contributed by atoms with van der Waals surface area (Å²) >= 11 is 4.77. The first-order chi connectivity index (χ1) is 8.61. The molecule has 0 N–H and O–H groups in total. The first kappa shape index (κ1) is 13.5.